The van der Waals surface area contributed by atoms with Crippen LogP contribution in [0.1, 0.15) is 24.5 Å². The molecule has 0 spiro atoms. The van der Waals surface area contributed by atoms with Gasteiger partial charge in [0.1, 0.15) is 12.6 Å². The number of carbonyl (C=O) groups is 2. The Hall–Kier alpha value is -3.07. The van der Waals surface area contributed by atoms with Crippen LogP contribution in [0, 0.1) is 0 Å². The van der Waals surface area contributed by atoms with Gasteiger partial charge in [-0.1, -0.05) is 90.8 Å². The van der Waals surface area contributed by atoms with Crippen molar-refractivity contribution < 1.29 is 18.0 Å². The van der Waals surface area contributed by atoms with Crippen LogP contribution in [0.25, 0.3) is 0 Å². The van der Waals surface area contributed by atoms with E-state index in [1.807, 2.05) is 67.6 Å². The third-order valence-corrected chi connectivity index (χ3v) is 7.55. The second kappa shape index (κ2) is 13.6. The Balaban J connectivity index is 2.04. The summed E-state index contributed by atoms with van der Waals surface area (Å²) in [7, 11) is -3.94. The van der Waals surface area contributed by atoms with Crippen LogP contribution in [-0.4, -0.2) is 50.5 Å². The number of anilines is 1. The first-order chi connectivity index (χ1) is 18.1. The van der Waals surface area contributed by atoms with Crippen molar-refractivity contribution in [2.24, 2.45) is 0 Å². The summed E-state index contributed by atoms with van der Waals surface area (Å²) in [6, 6.07) is 22.2. The Morgan fingerprint density at radius 1 is 0.921 bits per heavy atom. The highest BCUT2D eigenvalue weighted by Crippen LogP contribution is 2.31. The lowest BCUT2D eigenvalue weighted by Gasteiger charge is -2.33. The second-order valence-corrected chi connectivity index (χ2v) is 11.6. The molecule has 0 saturated carbocycles. The van der Waals surface area contributed by atoms with Crippen molar-refractivity contribution in [3.63, 3.8) is 0 Å². The molecule has 0 heterocycles. The van der Waals surface area contributed by atoms with E-state index in [1.165, 1.54) is 23.1 Å². The SMILES string of the molecule is CCCNC(=O)C(Cc1ccccc1)N(Cc1ccccc1)C(=O)CN(c1cc(Cl)ccc1Cl)S(C)(=O)=O. The van der Waals surface area contributed by atoms with Crippen LogP contribution in [0.15, 0.2) is 78.9 Å². The van der Waals surface area contributed by atoms with E-state index in [2.05, 4.69) is 5.32 Å². The summed E-state index contributed by atoms with van der Waals surface area (Å²) in [4.78, 5) is 28.8. The van der Waals surface area contributed by atoms with Gasteiger partial charge in [0.25, 0.3) is 0 Å². The summed E-state index contributed by atoms with van der Waals surface area (Å²) in [6.45, 7) is 1.94. The van der Waals surface area contributed by atoms with Crippen molar-refractivity contribution in [3.05, 3.63) is 100 Å². The van der Waals surface area contributed by atoms with Gasteiger partial charge < -0.3 is 10.2 Å². The lowest BCUT2D eigenvalue weighted by atomic mass is 10.0. The highest BCUT2D eigenvalue weighted by atomic mass is 35.5. The van der Waals surface area contributed by atoms with Gasteiger partial charge in [0.05, 0.1) is 17.0 Å². The van der Waals surface area contributed by atoms with Gasteiger partial charge in [-0.2, -0.15) is 0 Å². The predicted molar refractivity (Wildman–Crippen MR) is 153 cm³/mol. The zero-order valence-corrected chi connectivity index (χ0v) is 23.6. The molecule has 0 aromatic heterocycles. The molecule has 7 nitrogen and oxygen atoms in total. The summed E-state index contributed by atoms with van der Waals surface area (Å²) in [5, 5.41) is 3.30. The Morgan fingerprint density at radius 2 is 1.53 bits per heavy atom. The number of nitrogens with zero attached hydrogens (tertiary/aromatic N) is 2. The van der Waals surface area contributed by atoms with E-state index in [9.17, 15) is 18.0 Å². The smallest absolute Gasteiger partial charge is 0.244 e. The molecule has 1 atom stereocenters. The van der Waals surface area contributed by atoms with Crippen molar-refractivity contribution >= 4 is 50.7 Å². The van der Waals surface area contributed by atoms with E-state index in [0.717, 1.165) is 28.1 Å². The first-order valence-electron chi connectivity index (χ1n) is 12.2. The fraction of sp³-hybridized carbons (Fsp3) is 0.286. The average molecular weight is 577 g/mol. The maximum atomic E-state index is 13.9. The topological polar surface area (TPSA) is 86.8 Å². The molecule has 2 amide bonds. The summed E-state index contributed by atoms with van der Waals surface area (Å²) < 4.78 is 26.6. The van der Waals surface area contributed by atoms with Gasteiger partial charge in [-0.3, -0.25) is 13.9 Å². The van der Waals surface area contributed by atoms with Crippen molar-refractivity contribution in [1.29, 1.82) is 0 Å². The minimum absolute atomic E-state index is 0.0877. The van der Waals surface area contributed by atoms with Crippen molar-refractivity contribution in [3.8, 4) is 0 Å². The normalized spacial score (nSPS) is 12.0. The number of carbonyl (C=O) groups excluding carboxylic acids is 2. The van der Waals surface area contributed by atoms with E-state index in [1.54, 1.807) is 0 Å². The molecule has 0 saturated heterocycles. The quantitative estimate of drug-likeness (QED) is 0.332. The summed E-state index contributed by atoms with van der Waals surface area (Å²) >= 11 is 12.4. The molecule has 3 rings (SSSR count). The van der Waals surface area contributed by atoms with Crippen molar-refractivity contribution in [2.75, 3.05) is 23.7 Å². The second-order valence-electron chi connectivity index (χ2n) is 8.87. The van der Waals surface area contributed by atoms with Crippen LogP contribution in [0.4, 0.5) is 5.69 Å². The van der Waals surface area contributed by atoms with Crippen LogP contribution in [0.2, 0.25) is 10.0 Å². The molecular formula is C28H31Cl2N3O4S. The van der Waals surface area contributed by atoms with Gasteiger partial charge in [0.2, 0.25) is 21.8 Å². The highest BCUT2D eigenvalue weighted by molar-refractivity contribution is 7.92. The van der Waals surface area contributed by atoms with Crippen LogP contribution in [0.5, 0.6) is 0 Å². The first-order valence-corrected chi connectivity index (χ1v) is 14.8. The standard InChI is InChI=1S/C28H31Cl2N3O4S/c1-3-16-31-28(35)26(17-21-10-6-4-7-11-21)32(19-22-12-8-5-9-13-22)27(34)20-33(38(2,36)37)25-18-23(29)14-15-24(25)30/h4-15,18,26H,3,16-17,19-20H2,1-2H3,(H,31,35). The molecule has 0 radical (unpaired) electrons. The Bertz CT molecular complexity index is 1340. The fourth-order valence-electron chi connectivity index (χ4n) is 3.97. The van der Waals surface area contributed by atoms with Gasteiger partial charge in [-0.15, -0.1) is 0 Å². The predicted octanol–water partition coefficient (Wildman–Crippen LogP) is 4.93. The number of amides is 2. The number of sulfonamides is 1. The number of rotatable bonds is 12. The molecule has 0 aliphatic carbocycles. The molecule has 1 unspecified atom stereocenters. The van der Waals surface area contributed by atoms with Crippen LogP contribution in [-0.2, 0) is 32.6 Å². The fourth-order valence-corrected chi connectivity index (χ4v) is 5.26. The number of nitrogens with one attached hydrogen (secondary N) is 1. The molecule has 38 heavy (non-hydrogen) atoms. The maximum absolute atomic E-state index is 13.9. The lowest BCUT2D eigenvalue weighted by molar-refractivity contribution is -0.140. The number of hydrogen-bond acceptors (Lipinski definition) is 4. The molecule has 0 aliphatic heterocycles. The summed E-state index contributed by atoms with van der Waals surface area (Å²) in [5.41, 5.74) is 1.76. The molecule has 3 aromatic rings. The Kier molecular flexibility index (Phi) is 10.6. The van der Waals surface area contributed by atoms with Crippen LogP contribution in [0.3, 0.4) is 0 Å². The highest BCUT2D eigenvalue weighted by Gasteiger charge is 2.33. The monoisotopic (exact) mass is 575 g/mol. The summed E-state index contributed by atoms with van der Waals surface area (Å²) in [6.07, 6.45) is 1.98. The largest absolute Gasteiger partial charge is 0.354 e. The Morgan fingerprint density at radius 3 is 2.11 bits per heavy atom. The van der Waals surface area contributed by atoms with E-state index in [0.29, 0.717) is 6.54 Å². The molecule has 0 fully saturated rings. The molecule has 0 bridgehead atoms. The van der Waals surface area contributed by atoms with Gasteiger partial charge in [0.15, 0.2) is 0 Å². The molecule has 10 heteroatoms. The molecule has 1 N–H and O–H groups in total. The van der Waals surface area contributed by atoms with E-state index in [4.69, 9.17) is 23.2 Å². The van der Waals surface area contributed by atoms with E-state index in [-0.39, 0.29) is 34.6 Å². The maximum Gasteiger partial charge on any atom is 0.244 e. The average Bonchev–Trinajstić information content (AvgIpc) is 2.89. The first kappa shape index (κ1) is 29.5. The third-order valence-electron chi connectivity index (χ3n) is 5.87. The molecule has 202 valence electrons. The van der Waals surface area contributed by atoms with Gasteiger partial charge in [-0.05, 0) is 35.7 Å². The van der Waals surface area contributed by atoms with Crippen LogP contribution >= 0.6 is 23.2 Å². The van der Waals surface area contributed by atoms with Crippen LogP contribution < -0.4 is 9.62 Å². The number of hydrogen-bond donors (Lipinski definition) is 1. The van der Waals surface area contributed by atoms with E-state index >= 15 is 0 Å². The van der Waals surface area contributed by atoms with Gasteiger partial charge in [0, 0.05) is 24.5 Å². The number of benzene rings is 3. The van der Waals surface area contributed by atoms with Crippen molar-refractivity contribution in [2.45, 2.75) is 32.4 Å². The van der Waals surface area contributed by atoms with Crippen molar-refractivity contribution in [1.82, 2.24) is 10.2 Å². The molecule has 0 aliphatic rings. The summed E-state index contributed by atoms with van der Waals surface area (Å²) in [5.74, 6) is -0.866. The molecule has 3 aromatic carbocycles. The third kappa shape index (κ3) is 8.21. The molecular weight excluding hydrogens is 545 g/mol. The van der Waals surface area contributed by atoms with Gasteiger partial charge in [-0.25, -0.2) is 8.42 Å². The van der Waals surface area contributed by atoms with E-state index < -0.39 is 28.5 Å². The zero-order chi connectivity index (χ0) is 27.7. The minimum Gasteiger partial charge on any atom is -0.354 e. The number of halogens is 2. The lowest BCUT2D eigenvalue weighted by Crippen LogP contribution is -2.53. The minimum atomic E-state index is -3.94. The Labute approximate surface area is 234 Å². The van der Waals surface area contributed by atoms with Gasteiger partial charge >= 0.3 is 0 Å². The zero-order valence-electron chi connectivity index (χ0n) is 21.3.